The van der Waals surface area contributed by atoms with Crippen molar-refractivity contribution in [3.05, 3.63) is 53.6 Å². The Morgan fingerprint density at radius 2 is 1.84 bits per heavy atom. The number of anilines is 1. The van der Waals surface area contributed by atoms with Gasteiger partial charge in [0.2, 0.25) is 5.91 Å². The van der Waals surface area contributed by atoms with E-state index >= 15 is 0 Å². The highest BCUT2D eigenvalue weighted by Gasteiger charge is 2.13. The molecule has 2 amide bonds. The molecule has 0 heterocycles. The Kier molecular flexibility index (Phi) is 6.39. The van der Waals surface area contributed by atoms with Gasteiger partial charge in [0.25, 0.3) is 5.91 Å². The lowest BCUT2D eigenvalue weighted by molar-refractivity contribution is -0.114. The molecule has 0 saturated heterocycles. The molecular weight excluding hydrogens is 320 g/mol. The van der Waals surface area contributed by atoms with E-state index in [2.05, 4.69) is 10.6 Å². The van der Waals surface area contributed by atoms with Crippen LogP contribution in [0.3, 0.4) is 0 Å². The highest BCUT2D eigenvalue weighted by molar-refractivity contribution is 5.99. The molecule has 0 radical (unpaired) electrons. The van der Waals surface area contributed by atoms with Crippen molar-refractivity contribution in [2.45, 2.75) is 13.3 Å². The monoisotopic (exact) mass is 342 g/mol. The van der Waals surface area contributed by atoms with Crippen LogP contribution in [0.25, 0.3) is 0 Å². The van der Waals surface area contributed by atoms with E-state index < -0.39 is 0 Å². The first kappa shape index (κ1) is 18.3. The van der Waals surface area contributed by atoms with Gasteiger partial charge in [0.05, 0.1) is 19.8 Å². The first-order valence-corrected chi connectivity index (χ1v) is 7.90. The number of rotatable bonds is 7. The predicted octanol–water partition coefficient (Wildman–Crippen LogP) is 2.63. The lowest BCUT2D eigenvalue weighted by atomic mass is 10.1. The average molecular weight is 342 g/mol. The number of hydrogen-bond acceptors (Lipinski definition) is 4. The molecule has 2 N–H and O–H groups in total. The predicted molar refractivity (Wildman–Crippen MR) is 96.3 cm³/mol. The van der Waals surface area contributed by atoms with Crippen LogP contribution in [0.5, 0.6) is 11.5 Å². The normalized spacial score (nSPS) is 10.0. The van der Waals surface area contributed by atoms with Crippen molar-refractivity contribution in [3.8, 4) is 11.5 Å². The maximum absolute atomic E-state index is 12.4. The van der Waals surface area contributed by atoms with Crippen LogP contribution < -0.4 is 20.1 Å². The van der Waals surface area contributed by atoms with E-state index in [0.29, 0.717) is 30.0 Å². The van der Waals surface area contributed by atoms with Gasteiger partial charge >= 0.3 is 0 Å². The summed E-state index contributed by atoms with van der Waals surface area (Å²) >= 11 is 0. The van der Waals surface area contributed by atoms with Gasteiger partial charge in [-0.3, -0.25) is 9.59 Å². The van der Waals surface area contributed by atoms with E-state index in [0.717, 1.165) is 11.3 Å². The van der Waals surface area contributed by atoms with E-state index in [1.807, 2.05) is 24.3 Å². The largest absolute Gasteiger partial charge is 0.497 e. The molecule has 0 aliphatic heterocycles. The summed E-state index contributed by atoms with van der Waals surface area (Å²) in [5.41, 5.74) is 1.99. The molecule has 0 aromatic heterocycles. The zero-order chi connectivity index (χ0) is 18.2. The van der Waals surface area contributed by atoms with Crippen molar-refractivity contribution in [2.24, 2.45) is 0 Å². The smallest absolute Gasteiger partial charge is 0.255 e. The summed E-state index contributed by atoms with van der Waals surface area (Å²) in [6, 6.07) is 12.6. The Morgan fingerprint density at radius 1 is 1.04 bits per heavy atom. The molecule has 0 saturated carbocycles. The summed E-state index contributed by atoms with van der Waals surface area (Å²) in [6.07, 6.45) is 0.677. The first-order valence-electron chi connectivity index (χ1n) is 7.90. The van der Waals surface area contributed by atoms with Gasteiger partial charge in [-0.15, -0.1) is 0 Å². The summed E-state index contributed by atoms with van der Waals surface area (Å²) in [7, 11) is 3.12. The summed E-state index contributed by atoms with van der Waals surface area (Å²) in [6.45, 7) is 1.89. The molecule has 0 spiro atoms. The SMILES string of the molecule is COc1cccc(CCNC(=O)c2cc(NC(C)=O)ccc2OC)c1. The van der Waals surface area contributed by atoms with E-state index in [1.165, 1.54) is 14.0 Å². The summed E-state index contributed by atoms with van der Waals surface area (Å²) < 4.78 is 10.4. The van der Waals surface area contributed by atoms with Gasteiger partial charge in [0.15, 0.2) is 0 Å². The van der Waals surface area contributed by atoms with Gasteiger partial charge in [0, 0.05) is 19.2 Å². The summed E-state index contributed by atoms with van der Waals surface area (Å²) in [5, 5.41) is 5.53. The Morgan fingerprint density at radius 3 is 2.52 bits per heavy atom. The van der Waals surface area contributed by atoms with Crippen LogP contribution in [0, 0.1) is 0 Å². The van der Waals surface area contributed by atoms with Gasteiger partial charge in [-0.1, -0.05) is 12.1 Å². The van der Waals surface area contributed by atoms with Crippen molar-refractivity contribution in [3.63, 3.8) is 0 Å². The zero-order valence-corrected chi connectivity index (χ0v) is 14.6. The Bertz CT molecular complexity index is 759. The second kappa shape index (κ2) is 8.73. The molecule has 2 rings (SSSR count). The number of nitrogens with one attached hydrogen (secondary N) is 2. The number of methoxy groups -OCH3 is 2. The lowest BCUT2D eigenvalue weighted by Crippen LogP contribution is -2.26. The maximum atomic E-state index is 12.4. The second-order valence-corrected chi connectivity index (χ2v) is 5.45. The van der Waals surface area contributed by atoms with Crippen LogP contribution in [-0.2, 0) is 11.2 Å². The number of carbonyl (C=O) groups excluding carboxylic acids is 2. The third-order valence-corrected chi connectivity index (χ3v) is 3.60. The maximum Gasteiger partial charge on any atom is 0.255 e. The minimum Gasteiger partial charge on any atom is -0.497 e. The molecule has 25 heavy (non-hydrogen) atoms. The molecular formula is C19H22N2O4. The highest BCUT2D eigenvalue weighted by atomic mass is 16.5. The van der Waals surface area contributed by atoms with E-state index in [9.17, 15) is 9.59 Å². The Hall–Kier alpha value is -3.02. The highest BCUT2D eigenvalue weighted by Crippen LogP contribution is 2.22. The summed E-state index contributed by atoms with van der Waals surface area (Å²) in [5.74, 6) is 0.781. The van der Waals surface area contributed by atoms with Crippen LogP contribution in [-0.4, -0.2) is 32.6 Å². The molecule has 2 aromatic carbocycles. The lowest BCUT2D eigenvalue weighted by Gasteiger charge is -2.12. The third-order valence-electron chi connectivity index (χ3n) is 3.60. The van der Waals surface area contributed by atoms with Crippen molar-refractivity contribution in [2.75, 3.05) is 26.1 Å². The molecule has 0 fully saturated rings. The minimum absolute atomic E-state index is 0.199. The fourth-order valence-electron chi connectivity index (χ4n) is 2.41. The Labute approximate surface area is 147 Å². The first-order chi connectivity index (χ1) is 12.0. The van der Waals surface area contributed by atoms with Crippen LogP contribution in [0.2, 0.25) is 0 Å². The second-order valence-electron chi connectivity index (χ2n) is 5.45. The molecule has 0 aliphatic carbocycles. The number of carbonyl (C=O) groups is 2. The quantitative estimate of drug-likeness (QED) is 0.811. The van der Waals surface area contributed by atoms with E-state index in [-0.39, 0.29) is 11.8 Å². The molecule has 0 unspecified atom stereocenters. The number of hydrogen-bond donors (Lipinski definition) is 2. The van der Waals surface area contributed by atoms with Crippen LogP contribution in [0.1, 0.15) is 22.8 Å². The fourth-order valence-corrected chi connectivity index (χ4v) is 2.41. The number of benzene rings is 2. The molecule has 0 aliphatic rings. The van der Waals surface area contributed by atoms with Crippen molar-refractivity contribution < 1.29 is 19.1 Å². The standard InChI is InChI=1S/C19H22N2O4/c1-13(22)21-15-7-8-18(25-3)17(12-15)19(23)20-10-9-14-5-4-6-16(11-14)24-2/h4-8,11-12H,9-10H2,1-3H3,(H,20,23)(H,21,22). The van der Waals surface area contributed by atoms with Gasteiger partial charge in [0.1, 0.15) is 11.5 Å². The minimum atomic E-state index is -0.257. The van der Waals surface area contributed by atoms with Gasteiger partial charge in [-0.05, 0) is 42.3 Å². The molecule has 2 aromatic rings. The van der Waals surface area contributed by atoms with Gasteiger partial charge in [-0.2, -0.15) is 0 Å². The number of ether oxygens (including phenoxy) is 2. The summed E-state index contributed by atoms with van der Waals surface area (Å²) in [4.78, 5) is 23.6. The molecule has 0 bridgehead atoms. The van der Waals surface area contributed by atoms with Gasteiger partial charge in [-0.25, -0.2) is 0 Å². The zero-order valence-electron chi connectivity index (χ0n) is 14.6. The fraction of sp³-hybridized carbons (Fsp3) is 0.263. The molecule has 6 nitrogen and oxygen atoms in total. The van der Waals surface area contributed by atoms with E-state index in [1.54, 1.807) is 25.3 Å². The topological polar surface area (TPSA) is 76.7 Å². The molecule has 6 heteroatoms. The van der Waals surface area contributed by atoms with Crippen molar-refractivity contribution in [1.29, 1.82) is 0 Å². The van der Waals surface area contributed by atoms with Gasteiger partial charge < -0.3 is 20.1 Å². The Balaban J connectivity index is 2.02. The van der Waals surface area contributed by atoms with Crippen molar-refractivity contribution >= 4 is 17.5 Å². The van der Waals surface area contributed by atoms with Crippen LogP contribution in [0.15, 0.2) is 42.5 Å². The van der Waals surface area contributed by atoms with Crippen molar-refractivity contribution in [1.82, 2.24) is 5.32 Å². The van der Waals surface area contributed by atoms with Crippen LogP contribution in [0.4, 0.5) is 5.69 Å². The molecule has 0 atom stereocenters. The van der Waals surface area contributed by atoms with Crippen LogP contribution >= 0.6 is 0 Å². The number of amides is 2. The molecule has 132 valence electrons. The third kappa shape index (κ3) is 5.24. The van der Waals surface area contributed by atoms with E-state index in [4.69, 9.17) is 9.47 Å². The average Bonchev–Trinajstić information content (AvgIpc) is 2.61.